The molecule has 0 atom stereocenters. The zero-order valence-electron chi connectivity index (χ0n) is 12.3. The van der Waals surface area contributed by atoms with Gasteiger partial charge in [-0.15, -0.1) is 0 Å². The van der Waals surface area contributed by atoms with Gasteiger partial charge in [0, 0.05) is 12.6 Å². The first-order chi connectivity index (χ1) is 10.5. The molecule has 114 valence electrons. The third kappa shape index (κ3) is 2.76. The minimum absolute atomic E-state index is 0.00639. The fourth-order valence-electron chi connectivity index (χ4n) is 2.03. The second-order valence-corrected chi connectivity index (χ2v) is 4.64. The number of carbonyl (C=O) groups excluding carboxylic acids is 2. The lowest BCUT2D eigenvalue weighted by molar-refractivity contribution is 0.0523. The Morgan fingerprint density at radius 3 is 2.41 bits per heavy atom. The van der Waals surface area contributed by atoms with Gasteiger partial charge in [0.15, 0.2) is 5.78 Å². The summed E-state index contributed by atoms with van der Waals surface area (Å²) in [7, 11) is 1.40. The van der Waals surface area contributed by atoms with Gasteiger partial charge in [0.05, 0.1) is 12.2 Å². The fraction of sp³-hybridized carbons (Fsp3) is 0.188. The van der Waals surface area contributed by atoms with E-state index >= 15 is 0 Å². The molecule has 22 heavy (non-hydrogen) atoms. The van der Waals surface area contributed by atoms with Gasteiger partial charge in [0.25, 0.3) is 5.56 Å². The van der Waals surface area contributed by atoms with E-state index in [-0.39, 0.29) is 29.3 Å². The van der Waals surface area contributed by atoms with Crippen LogP contribution in [0.4, 0.5) is 5.82 Å². The van der Waals surface area contributed by atoms with Gasteiger partial charge in [-0.1, -0.05) is 30.3 Å². The third-order valence-electron chi connectivity index (χ3n) is 3.24. The largest absolute Gasteiger partial charge is 0.462 e. The van der Waals surface area contributed by atoms with Gasteiger partial charge < -0.3 is 10.5 Å². The van der Waals surface area contributed by atoms with E-state index in [9.17, 15) is 14.4 Å². The number of aromatic nitrogens is 1. The van der Waals surface area contributed by atoms with Gasteiger partial charge in [-0.05, 0) is 13.0 Å². The molecule has 1 aromatic carbocycles. The Balaban J connectivity index is 2.60. The maximum Gasteiger partial charge on any atom is 0.343 e. The number of hydrogen-bond donors (Lipinski definition) is 1. The molecular weight excluding hydrogens is 284 g/mol. The summed E-state index contributed by atoms with van der Waals surface area (Å²) < 4.78 is 5.91. The summed E-state index contributed by atoms with van der Waals surface area (Å²) in [6.07, 6.45) is 0. The van der Waals surface area contributed by atoms with Crippen molar-refractivity contribution in [2.75, 3.05) is 12.3 Å². The summed E-state index contributed by atoms with van der Waals surface area (Å²) in [5, 5.41) is 0. The summed E-state index contributed by atoms with van der Waals surface area (Å²) in [6, 6.07) is 9.69. The van der Waals surface area contributed by atoms with E-state index in [0.717, 1.165) is 4.57 Å². The first kappa shape index (κ1) is 15.5. The number of nitrogen functional groups attached to an aromatic ring is 1. The molecule has 2 rings (SSSR count). The highest BCUT2D eigenvalue weighted by Gasteiger charge is 2.21. The summed E-state index contributed by atoms with van der Waals surface area (Å²) in [5.74, 6) is -1.13. The van der Waals surface area contributed by atoms with Gasteiger partial charge in [-0.25, -0.2) is 4.79 Å². The van der Waals surface area contributed by atoms with Crippen LogP contribution in [0, 0.1) is 0 Å². The van der Waals surface area contributed by atoms with Crippen molar-refractivity contribution in [2.45, 2.75) is 6.92 Å². The molecule has 0 saturated heterocycles. The van der Waals surface area contributed by atoms with Crippen molar-refractivity contribution in [1.29, 1.82) is 0 Å². The lowest BCUT2D eigenvalue weighted by atomic mass is 10.0. The van der Waals surface area contributed by atoms with Crippen LogP contribution in [0.5, 0.6) is 0 Å². The number of nitrogens with two attached hydrogens (primary N) is 1. The molecule has 1 aromatic heterocycles. The van der Waals surface area contributed by atoms with Gasteiger partial charge in [-0.2, -0.15) is 0 Å². The summed E-state index contributed by atoms with van der Waals surface area (Å²) in [4.78, 5) is 36.5. The van der Waals surface area contributed by atoms with Crippen molar-refractivity contribution in [3.63, 3.8) is 0 Å². The quantitative estimate of drug-likeness (QED) is 0.680. The van der Waals surface area contributed by atoms with Gasteiger partial charge >= 0.3 is 5.97 Å². The predicted molar refractivity (Wildman–Crippen MR) is 81.9 cm³/mol. The number of ether oxygens (including phenoxy) is 1. The van der Waals surface area contributed by atoms with Crippen LogP contribution in [0.1, 0.15) is 33.2 Å². The lowest BCUT2D eigenvalue weighted by Crippen LogP contribution is -2.29. The Morgan fingerprint density at radius 1 is 1.18 bits per heavy atom. The molecule has 2 N–H and O–H groups in total. The van der Waals surface area contributed by atoms with Crippen molar-refractivity contribution >= 4 is 17.6 Å². The van der Waals surface area contributed by atoms with Crippen LogP contribution in [0.25, 0.3) is 0 Å². The van der Waals surface area contributed by atoms with Crippen LogP contribution < -0.4 is 11.3 Å². The van der Waals surface area contributed by atoms with Crippen LogP contribution >= 0.6 is 0 Å². The molecule has 6 heteroatoms. The monoisotopic (exact) mass is 300 g/mol. The average Bonchev–Trinajstić information content (AvgIpc) is 2.53. The molecule has 0 aliphatic carbocycles. The Labute approximate surface area is 127 Å². The minimum atomic E-state index is -0.773. The molecule has 2 aromatic rings. The molecule has 0 spiro atoms. The van der Waals surface area contributed by atoms with Crippen molar-refractivity contribution in [3.8, 4) is 0 Å². The third-order valence-corrected chi connectivity index (χ3v) is 3.24. The van der Waals surface area contributed by atoms with E-state index in [1.54, 1.807) is 37.3 Å². The molecule has 0 aliphatic heterocycles. The molecule has 0 saturated carbocycles. The predicted octanol–water partition coefficient (Wildman–Crippen LogP) is 1.38. The normalized spacial score (nSPS) is 10.3. The number of rotatable bonds is 4. The molecule has 6 nitrogen and oxygen atoms in total. The highest BCUT2D eigenvalue weighted by molar-refractivity contribution is 6.12. The van der Waals surface area contributed by atoms with E-state index in [2.05, 4.69) is 0 Å². The molecule has 0 bridgehead atoms. The van der Waals surface area contributed by atoms with Gasteiger partial charge in [0.2, 0.25) is 0 Å². The minimum Gasteiger partial charge on any atom is -0.462 e. The second kappa shape index (κ2) is 6.26. The van der Waals surface area contributed by atoms with E-state index < -0.39 is 11.5 Å². The van der Waals surface area contributed by atoms with Crippen LogP contribution in [0.2, 0.25) is 0 Å². The summed E-state index contributed by atoms with van der Waals surface area (Å²) in [5.41, 5.74) is 5.56. The van der Waals surface area contributed by atoms with E-state index in [1.165, 1.54) is 13.1 Å². The maximum atomic E-state index is 12.5. The number of pyridine rings is 1. The zero-order valence-corrected chi connectivity index (χ0v) is 12.3. The molecular formula is C16H16N2O4. The molecule has 0 amide bonds. The maximum absolute atomic E-state index is 12.5. The first-order valence-electron chi connectivity index (χ1n) is 6.73. The Morgan fingerprint density at radius 2 is 1.82 bits per heavy atom. The van der Waals surface area contributed by atoms with Crippen LogP contribution in [-0.2, 0) is 11.8 Å². The number of carbonyl (C=O) groups is 2. The highest BCUT2D eigenvalue weighted by Crippen LogP contribution is 2.16. The van der Waals surface area contributed by atoms with Crippen molar-refractivity contribution in [3.05, 3.63) is 63.4 Å². The number of benzene rings is 1. The number of esters is 1. The summed E-state index contributed by atoms with van der Waals surface area (Å²) >= 11 is 0. The van der Waals surface area contributed by atoms with Gasteiger partial charge in [0.1, 0.15) is 11.4 Å². The second-order valence-electron chi connectivity index (χ2n) is 4.64. The molecule has 1 heterocycles. The Bertz CT molecular complexity index is 779. The highest BCUT2D eigenvalue weighted by atomic mass is 16.5. The van der Waals surface area contributed by atoms with Crippen molar-refractivity contribution < 1.29 is 14.3 Å². The standard InChI is InChI=1S/C16H16N2O4/c1-3-22-16(21)12-9-11(14(17)18(2)15(12)20)13(19)10-7-5-4-6-8-10/h4-9H,3,17H2,1-2H3. The number of ketones is 1. The average molecular weight is 300 g/mol. The van der Waals surface area contributed by atoms with E-state index in [4.69, 9.17) is 10.5 Å². The molecule has 0 aliphatic rings. The van der Waals surface area contributed by atoms with Crippen LogP contribution in [-0.4, -0.2) is 22.9 Å². The Kier molecular flexibility index (Phi) is 4.41. The number of anilines is 1. The summed E-state index contributed by atoms with van der Waals surface area (Å²) in [6.45, 7) is 1.77. The molecule has 0 fully saturated rings. The Hall–Kier alpha value is -2.89. The fourth-order valence-corrected chi connectivity index (χ4v) is 2.03. The number of hydrogen-bond acceptors (Lipinski definition) is 5. The molecule has 0 radical (unpaired) electrons. The smallest absolute Gasteiger partial charge is 0.343 e. The van der Waals surface area contributed by atoms with Crippen molar-refractivity contribution in [2.24, 2.45) is 7.05 Å². The van der Waals surface area contributed by atoms with Gasteiger partial charge in [-0.3, -0.25) is 14.2 Å². The topological polar surface area (TPSA) is 91.4 Å². The van der Waals surface area contributed by atoms with Crippen LogP contribution in [0.3, 0.4) is 0 Å². The van der Waals surface area contributed by atoms with E-state index in [1.807, 2.05) is 0 Å². The number of nitrogens with zero attached hydrogens (tertiary/aromatic N) is 1. The SMILES string of the molecule is CCOC(=O)c1cc(C(=O)c2ccccc2)c(N)n(C)c1=O. The lowest BCUT2D eigenvalue weighted by Gasteiger charge is -2.11. The molecule has 0 unspecified atom stereocenters. The van der Waals surface area contributed by atoms with Crippen LogP contribution in [0.15, 0.2) is 41.2 Å². The zero-order chi connectivity index (χ0) is 16.3. The van der Waals surface area contributed by atoms with E-state index in [0.29, 0.717) is 5.56 Å². The first-order valence-corrected chi connectivity index (χ1v) is 6.73. The van der Waals surface area contributed by atoms with Crippen molar-refractivity contribution in [1.82, 2.24) is 4.57 Å².